The van der Waals surface area contributed by atoms with Crippen molar-refractivity contribution in [2.24, 2.45) is 0 Å². The summed E-state index contributed by atoms with van der Waals surface area (Å²) in [6, 6.07) is 35.5. The second-order valence-corrected chi connectivity index (χ2v) is 16.7. The Hall–Kier alpha value is -4.55. The lowest BCUT2D eigenvalue weighted by molar-refractivity contribution is 0.00470. The minimum atomic E-state index is -1.58. The van der Waals surface area contributed by atoms with Crippen LogP contribution in [0.4, 0.5) is 0 Å². The largest absolute Gasteiger partial charge is 0.507 e. The number of para-hydroxylation sites is 1. The van der Waals surface area contributed by atoms with Gasteiger partial charge in [-0.05, 0) is 60.2 Å². The van der Waals surface area contributed by atoms with Crippen LogP contribution in [-0.2, 0) is 33.5 Å². The van der Waals surface area contributed by atoms with E-state index in [9.17, 15) is 5.11 Å². The van der Waals surface area contributed by atoms with E-state index in [0.29, 0.717) is 36.2 Å². The van der Waals surface area contributed by atoms with Gasteiger partial charge in [-0.25, -0.2) is 0 Å². The van der Waals surface area contributed by atoms with Crippen LogP contribution in [-0.4, -0.2) is 32.9 Å². The van der Waals surface area contributed by atoms with Crippen LogP contribution in [0.2, 0.25) is 0 Å². The normalized spacial score (nSPS) is 11.8. The Morgan fingerprint density at radius 3 is 1.31 bits per heavy atom. The van der Waals surface area contributed by atoms with Crippen LogP contribution in [0.15, 0.2) is 109 Å². The first-order valence-corrected chi connectivity index (χ1v) is 18.8. The molecule has 8 heteroatoms. The highest BCUT2D eigenvalue weighted by Gasteiger charge is 2.34. The molecule has 0 aliphatic rings. The summed E-state index contributed by atoms with van der Waals surface area (Å²) in [7, 11) is 1.75. The van der Waals surface area contributed by atoms with E-state index >= 15 is 0 Å². The first kappa shape index (κ1) is 38.7. The van der Waals surface area contributed by atoms with Crippen molar-refractivity contribution in [1.29, 1.82) is 0 Å². The van der Waals surface area contributed by atoms with Crippen molar-refractivity contribution in [3.63, 3.8) is 0 Å². The van der Waals surface area contributed by atoms with Crippen molar-refractivity contribution in [2.75, 3.05) is 27.8 Å². The minimum absolute atomic E-state index is 0.0171. The van der Waals surface area contributed by atoms with Gasteiger partial charge >= 0.3 is 0 Å². The van der Waals surface area contributed by atoms with E-state index < -0.39 is 7.92 Å². The molecule has 0 fully saturated rings. The quantitative estimate of drug-likeness (QED) is 0.0658. The Bertz CT molecular complexity index is 1780. The Morgan fingerprint density at radius 1 is 0.519 bits per heavy atom. The summed E-state index contributed by atoms with van der Waals surface area (Å²) < 4.78 is 37.4. The minimum Gasteiger partial charge on any atom is -0.507 e. The van der Waals surface area contributed by atoms with Crippen molar-refractivity contribution in [2.45, 2.75) is 65.6 Å². The smallest absolute Gasteiger partial charge is 0.189 e. The molecule has 52 heavy (non-hydrogen) atoms. The van der Waals surface area contributed by atoms with E-state index in [4.69, 9.17) is 28.4 Å². The van der Waals surface area contributed by atoms with Gasteiger partial charge in [0.1, 0.15) is 28.7 Å². The number of phenols is 1. The zero-order valence-electron chi connectivity index (χ0n) is 31.6. The van der Waals surface area contributed by atoms with Crippen molar-refractivity contribution >= 4 is 23.8 Å². The average Bonchev–Trinajstić information content (AvgIpc) is 3.13. The van der Waals surface area contributed by atoms with Gasteiger partial charge < -0.3 is 33.5 Å². The Balaban J connectivity index is 1.70. The molecule has 0 radical (unpaired) electrons. The van der Waals surface area contributed by atoms with Crippen molar-refractivity contribution in [3.8, 4) is 28.7 Å². The predicted octanol–water partition coefficient (Wildman–Crippen LogP) is 8.87. The summed E-state index contributed by atoms with van der Waals surface area (Å²) in [6.45, 7) is 13.7. The molecule has 0 saturated carbocycles. The molecule has 1 N–H and O–H groups in total. The summed E-state index contributed by atoms with van der Waals surface area (Å²) in [5.41, 5.74) is 3.31. The number of hydrogen-bond acceptors (Lipinski definition) is 7. The summed E-state index contributed by atoms with van der Waals surface area (Å²) in [6.07, 6.45) is 0. The third kappa shape index (κ3) is 9.65. The first-order valence-electron chi connectivity index (χ1n) is 17.4. The maximum atomic E-state index is 11.6. The monoisotopic (exact) mass is 722 g/mol. The topological polar surface area (TPSA) is 75.6 Å². The van der Waals surface area contributed by atoms with Crippen molar-refractivity contribution < 1.29 is 33.5 Å². The molecule has 0 heterocycles. The van der Waals surface area contributed by atoms with Crippen LogP contribution in [0.3, 0.4) is 0 Å². The van der Waals surface area contributed by atoms with Crippen LogP contribution >= 0.6 is 7.92 Å². The lowest BCUT2D eigenvalue weighted by Crippen LogP contribution is -2.29. The highest BCUT2D eigenvalue weighted by molar-refractivity contribution is 7.80. The lowest BCUT2D eigenvalue weighted by atomic mass is 9.86. The number of benzene rings is 5. The van der Waals surface area contributed by atoms with E-state index in [1.807, 2.05) is 103 Å². The molecule has 0 spiro atoms. The van der Waals surface area contributed by atoms with E-state index in [-0.39, 0.29) is 30.2 Å². The molecule has 0 aromatic heterocycles. The molecular formula is C44H51O7P. The first-order chi connectivity index (χ1) is 24.9. The molecule has 5 rings (SSSR count). The second kappa shape index (κ2) is 17.3. The number of rotatable bonds is 15. The lowest BCUT2D eigenvalue weighted by Gasteiger charge is -2.32. The number of hydrogen-bond donors (Lipinski definition) is 1. The third-order valence-corrected chi connectivity index (χ3v) is 11.1. The van der Waals surface area contributed by atoms with Gasteiger partial charge in [-0.15, -0.1) is 0 Å². The average molecular weight is 723 g/mol. The third-order valence-electron chi connectivity index (χ3n) is 8.57. The van der Waals surface area contributed by atoms with Crippen LogP contribution in [0.25, 0.3) is 0 Å². The van der Waals surface area contributed by atoms with Crippen molar-refractivity contribution in [3.05, 3.63) is 131 Å². The highest BCUT2D eigenvalue weighted by atomic mass is 31.1. The van der Waals surface area contributed by atoms with Gasteiger partial charge in [-0.2, -0.15) is 0 Å². The van der Waals surface area contributed by atoms with Gasteiger partial charge in [0.25, 0.3) is 0 Å². The molecule has 5 aromatic carbocycles. The molecule has 0 atom stereocenters. The molecular weight excluding hydrogens is 671 g/mol. The Labute approximate surface area is 310 Å². The molecule has 274 valence electrons. The Morgan fingerprint density at radius 2 is 0.923 bits per heavy atom. The van der Waals surface area contributed by atoms with E-state index in [1.165, 1.54) is 0 Å². The molecule has 0 amide bonds. The molecule has 0 aliphatic heterocycles. The fourth-order valence-electron chi connectivity index (χ4n) is 5.87. The maximum Gasteiger partial charge on any atom is 0.189 e. The highest BCUT2D eigenvalue weighted by Crippen LogP contribution is 2.48. The zero-order chi connectivity index (χ0) is 37.3. The van der Waals surface area contributed by atoms with Crippen LogP contribution in [0, 0.1) is 0 Å². The number of ether oxygens (including phenoxy) is 6. The van der Waals surface area contributed by atoms with Crippen molar-refractivity contribution in [1.82, 2.24) is 0 Å². The predicted molar refractivity (Wildman–Crippen MR) is 211 cm³/mol. The van der Waals surface area contributed by atoms with Crippen LogP contribution in [0.5, 0.6) is 28.7 Å². The molecule has 5 aromatic rings. The molecule has 0 aliphatic carbocycles. The summed E-state index contributed by atoms with van der Waals surface area (Å²) in [4.78, 5) is 0. The SMILES string of the molecule is COc1cc(P(c2ccccc2O)c2cc(OC)cc(C(C)(C)C)c2OCOCc2ccccc2)c(OCOCc2ccccc2)c(C(C)(C)C)c1. The summed E-state index contributed by atoms with van der Waals surface area (Å²) >= 11 is 0. The summed E-state index contributed by atoms with van der Waals surface area (Å²) in [5.74, 6) is 2.84. The van der Waals surface area contributed by atoms with Gasteiger partial charge in [0, 0.05) is 27.0 Å². The molecule has 0 bridgehead atoms. The van der Waals surface area contributed by atoms with E-state index in [1.54, 1.807) is 20.3 Å². The van der Waals surface area contributed by atoms with E-state index in [2.05, 4.69) is 41.5 Å². The number of phenolic OH excluding ortho intramolecular Hbond substituents is 1. The molecule has 7 nitrogen and oxygen atoms in total. The summed E-state index contributed by atoms with van der Waals surface area (Å²) in [5, 5.41) is 14.0. The van der Waals surface area contributed by atoms with Gasteiger partial charge in [0.15, 0.2) is 13.6 Å². The van der Waals surface area contributed by atoms with Crippen LogP contribution < -0.4 is 34.9 Å². The number of aromatic hydroxyl groups is 1. The van der Waals surface area contributed by atoms with Crippen LogP contribution in [0.1, 0.15) is 63.8 Å². The van der Waals surface area contributed by atoms with E-state index in [0.717, 1.165) is 38.2 Å². The second-order valence-electron chi connectivity index (χ2n) is 14.6. The zero-order valence-corrected chi connectivity index (χ0v) is 32.5. The Kier molecular flexibility index (Phi) is 12.9. The van der Waals surface area contributed by atoms with Gasteiger partial charge in [0.05, 0.1) is 27.4 Å². The molecule has 0 unspecified atom stereocenters. The fourth-order valence-corrected chi connectivity index (χ4v) is 8.48. The standard InChI is InChI=1S/C44H51O7P/c1-43(2,3)35-23-33(46-7)25-39(41(35)50-29-48-27-31-17-11-9-12-18-31)52(38-22-16-15-21-37(38)45)40-26-34(47-8)24-36(44(4,5)6)42(40)51-30-49-28-32-19-13-10-14-20-32/h9-26,45H,27-30H2,1-8H3. The molecule has 0 saturated heterocycles. The van der Waals surface area contributed by atoms with Gasteiger partial charge in [0.2, 0.25) is 0 Å². The van der Waals surface area contributed by atoms with Gasteiger partial charge in [-0.1, -0.05) is 120 Å². The number of methoxy groups -OCH3 is 2. The van der Waals surface area contributed by atoms with Gasteiger partial charge in [-0.3, -0.25) is 0 Å². The fraction of sp³-hybridized carbons (Fsp3) is 0.318. The maximum absolute atomic E-state index is 11.6.